The van der Waals surface area contributed by atoms with Crippen molar-refractivity contribution in [3.05, 3.63) is 35.0 Å². The van der Waals surface area contributed by atoms with Gasteiger partial charge in [0, 0.05) is 5.56 Å². The van der Waals surface area contributed by atoms with E-state index in [9.17, 15) is 4.79 Å². The number of aromatic amines is 1. The fraction of sp³-hybridized carbons (Fsp3) is 0.0909. The minimum atomic E-state index is -1.40. The van der Waals surface area contributed by atoms with Crippen LogP contribution in [0.4, 0.5) is 4.79 Å². The molecular formula is C11H9ClN2O3. The lowest BCUT2D eigenvalue weighted by Crippen LogP contribution is -2.04. The number of nitrogens with one attached hydrogen (secondary N) is 1. The Bertz CT molecular complexity index is 566. The Morgan fingerprint density at radius 2 is 2.18 bits per heavy atom. The minimum Gasteiger partial charge on any atom is -0.449 e. The Hall–Kier alpha value is -2.01. The molecule has 0 radical (unpaired) electrons. The third kappa shape index (κ3) is 2.39. The van der Waals surface area contributed by atoms with Crippen LogP contribution in [0.2, 0.25) is 5.02 Å². The van der Waals surface area contributed by atoms with Crippen LogP contribution in [0.15, 0.2) is 24.3 Å². The zero-order valence-corrected chi connectivity index (χ0v) is 9.65. The van der Waals surface area contributed by atoms with E-state index >= 15 is 0 Å². The molecule has 0 saturated heterocycles. The van der Waals surface area contributed by atoms with Gasteiger partial charge in [-0.2, -0.15) is 4.98 Å². The lowest BCUT2D eigenvalue weighted by atomic mass is 10.2. The number of nitrogens with zero attached hydrogens (tertiary/aromatic N) is 1. The van der Waals surface area contributed by atoms with E-state index in [4.69, 9.17) is 16.7 Å². The molecule has 0 saturated carbocycles. The molecule has 0 aliphatic heterocycles. The molecule has 0 atom stereocenters. The van der Waals surface area contributed by atoms with Crippen LogP contribution in [0.5, 0.6) is 5.88 Å². The van der Waals surface area contributed by atoms with E-state index in [1.165, 1.54) is 0 Å². The van der Waals surface area contributed by atoms with E-state index in [1.807, 2.05) is 6.07 Å². The Labute approximate surface area is 102 Å². The summed E-state index contributed by atoms with van der Waals surface area (Å²) in [5.41, 5.74) is 1.22. The number of imidazole rings is 1. The van der Waals surface area contributed by atoms with Crippen molar-refractivity contribution in [2.45, 2.75) is 6.92 Å². The van der Waals surface area contributed by atoms with Gasteiger partial charge in [-0.3, -0.25) is 0 Å². The third-order valence-electron chi connectivity index (χ3n) is 2.15. The quantitative estimate of drug-likeness (QED) is 0.806. The van der Waals surface area contributed by atoms with Crippen molar-refractivity contribution in [3.8, 4) is 17.3 Å². The molecule has 0 aliphatic carbocycles. The maximum absolute atomic E-state index is 10.4. The fourth-order valence-corrected chi connectivity index (χ4v) is 1.63. The van der Waals surface area contributed by atoms with Gasteiger partial charge < -0.3 is 14.8 Å². The Morgan fingerprint density at radius 3 is 2.82 bits per heavy atom. The molecule has 2 N–H and O–H groups in total. The molecule has 2 rings (SSSR count). The average Bonchev–Trinajstić information content (AvgIpc) is 2.60. The molecule has 17 heavy (non-hydrogen) atoms. The number of ether oxygens (including phenoxy) is 1. The van der Waals surface area contributed by atoms with Crippen LogP contribution < -0.4 is 4.74 Å². The van der Waals surface area contributed by atoms with E-state index in [-0.39, 0.29) is 5.88 Å². The summed E-state index contributed by atoms with van der Waals surface area (Å²) in [7, 11) is 0. The van der Waals surface area contributed by atoms with Crippen molar-refractivity contribution in [2.75, 3.05) is 0 Å². The largest absolute Gasteiger partial charge is 0.512 e. The van der Waals surface area contributed by atoms with Gasteiger partial charge in [-0.25, -0.2) is 4.79 Å². The summed E-state index contributed by atoms with van der Waals surface area (Å²) in [6, 6.07) is 7.13. The van der Waals surface area contributed by atoms with E-state index in [0.29, 0.717) is 22.1 Å². The molecular weight excluding hydrogens is 244 g/mol. The van der Waals surface area contributed by atoms with Gasteiger partial charge in [0.25, 0.3) is 0 Å². The van der Waals surface area contributed by atoms with Crippen molar-refractivity contribution in [2.24, 2.45) is 0 Å². The lowest BCUT2D eigenvalue weighted by molar-refractivity contribution is 0.142. The van der Waals surface area contributed by atoms with Crippen LogP contribution in [0.25, 0.3) is 11.4 Å². The predicted octanol–water partition coefficient (Wildman–Crippen LogP) is 3.10. The summed E-state index contributed by atoms with van der Waals surface area (Å²) >= 11 is 6.01. The first-order valence-corrected chi connectivity index (χ1v) is 5.18. The standard InChI is InChI=1S/C11H9ClN2O3/c1-6-10(17-11(15)16)14-9(13-6)7-4-2-3-5-8(7)12/h2-5H,1H3,(H,13,14)(H,15,16). The van der Waals surface area contributed by atoms with E-state index in [0.717, 1.165) is 0 Å². The van der Waals surface area contributed by atoms with Crippen molar-refractivity contribution in [1.29, 1.82) is 0 Å². The monoisotopic (exact) mass is 252 g/mol. The van der Waals surface area contributed by atoms with Gasteiger partial charge in [0.2, 0.25) is 5.88 Å². The number of rotatable bonds is 2. The van der Waals surface area contributed by atoms with Gasteiger partial charge in [-0.05, 0) is 19.1 Å². The minimum absolute atomic E-state index is 0.0346. The first-order valence-electron chi connectivity index (χ1n) is 4.80. The number of carboxylic acid groups (broad SMARTS) is 1. The second-order valence-corrected chi connectivity index (χ2v) is 3.77. The molecule has 1 aromatic heterocycles. The Morgan fingerprint density at radius 1 is 1.47 bits per heavy atom. The maximum atomic E-state index is 10.4. The van der Waals surface area contributed by atoms with Gasteiger partial charge in [0.05, 0.1) is 10.7 Å². The molecule has 6 heteroatoms. The Kier molecular flexibility index (Phi) is 3.01. The molecule has 2 aromatic rings. The highest BCUT2D eigenvalue weighted by molar-refractivity contribution is 6.33. The topological polar surface area (TPSA) is 75.2 Å². The first kappa shape index (κ1) is 11.5. The molecule has 88 valence electrons. The second-order valence-electron chi connectivity index (χ2n) is 3.36. The predicted molar refractivity (Wildman–Crippen MR) is 62.4 cm³/mol. The van der Waals surface area contributed by atoms with Crippen LogP contribution in [-0.4, -0.2) is 21.2 Å². The number of hydrogen-bond acceptors (Lipinski definition) is 3. The smallest absolute Gasteiger partial charge is 0.449 e. The molecule has 1 aromatic carbocycles. The van der Waals surface area contributed by atoms with E-state index < -0.39 is 6.16 Å². The number of aromatic nitrogens is 2. The highest BCUT2D eigenvalue weighted by Gasteiger charge is 2.13. The molecule has 0 aliphatic rings. The zero-order valence-electron chi connectivity index (χ0n) is 8.90. The maximum Gasteiger partial charge on any atom is 0.512 e. The molecule has 0 amide bonds. The van der Waals surface area contributed by atoms with Crippen LogP contribution in [0, 0.1) is 6.92 Å². The zero-order chi connectivity index (χ0) is 12.4. The average molecular weight is 253 g/mol. The summed E-state index contributed by atoms with van der Waals surface area (Å²) in [6.07, 6.45) is -1.40. The van der Waals surface area contributed by atoms with Crippen molar-refractivity contribution >= 4 is 17.8 Å². The van der Waals surface area contributed by atoms with Crippen LogP contribution in [-0.2, 0) is 0 Å². The number of benzene rings is 1. The highest BCUT2D eigenvalue weighted by atomic mass is 35.5. The number of carbonyl (C=O) groups is 1. The number of H-pyrrole nitrogens is 1. The van der Waals surface area contributed by atoms with Gasteiger partial charge >= 0.3 is 6.16 Å². The SMILES string of the molecule is Cc1[nH]c(-c2ccccc2Cl)nc1OC(=O)O. The van der Waals surface area contributed by atoms with Gasteiger partial charge in [0.1, 0.15) is 5.82 Å². The van der Waals surface area contributed by atoms with Gasteiger partial charge in [-0.1, -0.05) is 23.7 Å². The summed E-state index contributed by atoms with van der Waals surface area (Å²) in [4.78, 5) is 17.4. The first-order chi connectivity index (χ1) is 8.08. The number of hydrogen-bond donors (Lipinski definition) is 2. The summed E-state index contributed by atoms with van der Waals surface area (Å²) in [5, 5.41) is 9.05. The summed E-state index contributed by atoms with van der Waals surface area (Å²) in [5.74, 6) is 0.511. The highest BCUT2D eigenvalue weighted by Crippen LogP contribution is 2.28. The van der Waals surface area contributed by atoms with E-state index in [2.05, 4.69) is 14.7 Å². The summed E-state index contributed by atoms with van der Waals surface area (Å²) < 4.78 is 4.52. The Balaban J connectivity index is 2.41. The lowest BCUT2D eigenvalue weighted by Gasteiger charge is -1.98. The van der Waals surface area contributed by atoms with Crippen LogP contribution in [0.3, 0.4) is 0 Å². The third-order valence-corrected chi connectivity index (χ3v) is 2.48. The molecule has 0 fully saturated rings. The number of halogens is 1. The van der Waals surface area contributed by atoms with Crippen molar-refractivity contribution < 1.29 is 14.6 Å². The molecule has 0 unspecified atom stereocenters. The van der Waals surface area contributed by atoms with Crippen LogP contribution in [0.1, 0.15) is 5.69 Å². The summed E-state index contributed by atoms with van der Waals surface area (Å²) in [6.45, 7) is 1.67. The van der Waals surface area contributed by atoms with E-state index in [1.54, 1.807) is 25.1 Å². The fourth-order valence-electron chi connectivity index (χ4n) is 1.41. The molecule has 0 spiro atoms. The van der Waals surface area contributed by atoms with Crippen molar-refractivity contribution in [1.82, 2.24) is 9.97 Å². The van der Waals surface area contributed by atoms with Crippen LogP contribution >= 0.6 is 11.6 Å². The van der Waals surface area contributed by atoms with Gasteiger partial charge in [0.15, 0.2) is 0 Å². The van der Waals surface area contributed by atoms with Crippen molar-refractivity contribution in [3.63, 3.8) is 0 Å². The molecule has 5 nitrogen and oxygen atoms in total. The molecule has 1 heterocycles. The normalized spacial score (nSPS) is 10.2. The molecule has 0 bridgehead atoms. The van der Waals surface area contributed by atoms with Gasteiger partial charge in [-0.15, -0.1) is 0 Å². The second kappa shape index (κ2) is 4.47. The number of aryl methyl sites for hydroxylation is 1.